The van der Waals surface area contributed by atoms with Gasteiger partial charge in [0.2, 0.25) is 5.91 Å². The van der Waals surface area contributed by atoms with Crippen molar-refractivity contribution in [1.82, 2.24) is 4.90 Å². The second-order valence-electron chi connectivity index (χ2n) is 5.76. The highest BCUT2D eigenvalue weighted by Gasteiger charge is 2.28. The molecule has 1 amide bonds. The Morgan fingerprint density at radius 3 is 2.78 bits per heavy atom. The van der Waals surface area contributed by atoms with Crippen LogP contribution < -0.4 is 5.73 Å². The van der Waals surface area contributed by atoms with Crippen molar-refractivity contribution in [2.45, 2.75) is 52.0 Å². The zero-order valence-corrected chi connectivity index (χ0v) is 11.8. The number of aliphatic hydroxyl groups excluding tert-OH is 1. The molecule has 0 saturated carbocycles. The van der Waals surface area contributed by atoms with Crippen LogP contribution in [-0.2, 0) is 4.79 Å². The molecule has 0 radical (unpaired) electrons. The van der Waals surface area contributed by atoms with E-state index in [0.717, 1.165) is 45.2 Å². The van der Waals surface area contributed by atoms with Gasteiger partial charge in [0.25, 0.3) is 0 Å². The Balaban J connectivity index is 2.27. The van der Waals surface area contributed by atoms with Gasteiger partial charge in [0.05, 0.1) is 0 Å². The lowest BCUT2D eigenvalue weighted by atomic mass is 10.0. The van der Waals surface area contributed by atoms with Crippen molar-refractivity contribution in [3.63, 3.8) is 0 Å². The molecule has 1 aliphatic rings. The quantitative estimate of drug-likeness (QED) is 0.723. The van der Waals surface area contributed by atoms with Gasteiger partial charge in [-0.2, -0.15) is 0 Å². The average Bonchev–Trinajstić information content (AvgIpc) is 2.76. The van der Waals surface area contributed by atoms with Crippen molar-refractivity contribution in [2.75, 3.05) is 19.7 Å². The normalized spacial score (nSPS) is 23.1. The zero-order chi connectivity index (χ0) is 13.5. The summed E-state index contributed by atoms with van der Waals surface area (Å²) >= 11 is 0. The molecular formula is C14H28N2O2. The van der Waals surface area contributed by atoms with Crippen molar-refractivity contribution >= 4 is 5.91 Å². The lowest BCUT2D eigenvalue weighted by Gasteiger charge is -2.21. The molecule has 0 aliphatic carbocycles. The number of carbonyl (C=O) groups is 1. The number of aliphatic hydroxyl groups is 1. The second-order valence-corrected chi connectivity index (χ2v) is 5.76. The van der Waals surface area contributed by atoms with Crippen LogP contribution >= 0.6 is 0 Å². The number of rotatable bonds is 7. The predicted octanol–water partition coefficient (Wildman–Crippen LogP) is 1.37. The van der Waals surface area contributed by atoms with E-state index in [2.05, 4.69) is 0 Å². The fraction of sp³-hybridized carbons (Fsp3) is 0.929. The van der Waals surface area contributed by atoms with Crippen LogP contribution in [0.3, 0.4) is 0 Å². The van der Waals surface area contributed by atoms with Gasteiger partial charge < -0.3 is 15.7 Å². The van der Waals surface area contributed by atoms with Gasteiger partial charge in [-0.3, -0.25) is 4.79 Å². The molecule has 3 N–H and O–H groups in total. The van der Waals surface area contributed by atoms with Crippen LogP contribution in [0.25, 0.3) is 0 Å². The van der Waals surface area contributed by atoms with Crippen molar-refractivity contribution in [2.24, 2.45) is 17.6 Å². The Morgan fingerprint density at radius 2 is 2.17 bits per heavy atom. The van der Waals surface area contributed by atoms with Gasteiger partial charge in [0, 0.05) is 31.7 Å². The number of likely N-dealkylation sites (tertiary alicyclic amines) is 1. The second kappa shape index (κ2) is 7.74. The van der Waals surface area contributed by atoms with Crippen LogP contribution in [0.4, 0.5) is 0 Å². The minimum absolute atomic E-state index is 0.108. The molecule has 1 saturated heterocycles. The van der Waals surface area contributed by atoms with Crippen molar-refractivity contribution in [3.05, 3.63) is 0 Å². The number of hydrogen-bond acceptors (Lipinski definition) is 3. The maximum absolute atomic E-state index is 12.2. The van der Waals surface area contributed by atoms with Crippen molar-refractivity contribution < 1.29 is 9.90 Å². The smallest absolute Gasteiger partial charge is 0.225 e. The molecule has 0 aromatic rings. The molecule has 1 heterocycles. The van der Waals surface area contributed by atoms with Gasteiger partial charge in [0.15, 0.2) is 0 Å². The molecule has 3 unspecified atom stereocenters. The molecule has 1 aliphatic heterocycles. The molecule has 4 heteroatoms. The van der Waals surface area contributed by atoms with Crippen LogP contribution in [0.15, 0.2) is 0 Å². The number of carbonyl (C=O) groups excluding carboxylic acids is 1. The maximum atomic E-state index is 12.2. The minimum atomic E-state index is 0.108. The molecule has 3 atom stereocenters. The van der Waals surface area contributed by atoms with E-state index in [0.29, 0.717) is 5.92 Å². The molecule has 0 aromatic carbocycles. The highest BCUT2D eigenvalue weighted by atomic mass is 16.3. The summed E-state index contributed by atoms with van der Waals surface area (Å²) in [7, 11) is 0. The van der Waals surface area contributed by atoms with E-state index in [1.165, 1.54) is 0 Å². The summed E-state index contributed by atoms with van der Waals surface area (Å²) in [6, 6.07) is 0.230. The first-order valence-corrected chi connectivity index (χ1v) is 7.19. The van der Waals surface area contributed by atoms with Crippen LogP contribution in [0.1, 0.15) is 46.0 Å². The third kappa shape index (κ3) is 4.94. The van der Waals surface area contributed by atoms with Crippen LogP contribution in [-0.4, -0.2) is 41.7 Å². The number of hydrogen-bond donors (Lipinski definition) is 2. The van der Waals surface area contributed by atoms with E-state index in [9.17, 15) is 4.79 Å². The summed E-state index contributed by atoms with van der Waals surface area (Å²) in [4.78, 5) is 14.2. The largest absolute Gasteiger partial charge is 0.396 e. The Bertz CT molecular complexity index is 256. The summed E-state index contributed by atoms with van der Waals surface area (Å²) in [5.41, 5.74) is 5.71. The standard InChI is InChI=1S/C14H28N2O2/c1-11(4-3-5-12(2)15)14(18)16-8-6-13(10-16)7-9-17/h11-13,17H,3-10,15H2,1-2H3. The summed E-state index contributed by atoms with van der Waals surface area (Å²) in [6.45, 7) is 5.95. The maximum Gasteiger partial charge on any atom is 0.225 e. The summed E-state index contributed by atoms with van der Waals surface area (Å²) in [6.07, 6.45) is 4.81. The van der Waals surface area contributed by atoms with E-state index >= 15 is 0 Å². The summed E-state index contributed by atoms with van der Waals surface area (Å²) < 4.78 is 0. The molecule has 0 bridgehead atoms. The van der Waals surface area contributed by atoms with Crippen molar-refractivity contribution in [1.29, 1.82) is 0 Å². The zero-order valence-electron chi connectivity index (χ0n) is 11.8. The van der Waals surface area contributed by atoms with Gasteiger partial charge in [0.1, 0.15) is 0 Å². The van der Waals surface area contributed by atoms with Gasteiger partial charge in [-0.1, -0.05) is 13.3 Å². The lowest BCUT2D eigenvalue weighted by molar-refractivity contribution is -0.134. The monoisotopic (exact) mass is 256 g/mol. The van der Waals surface area contributed by atoms with Crippen LogP contribution in [0, 0.1) is 11.8 Å². The Morgan fingerprint density at radius 1 is 1.44 bits per heavy atom. The van der Waals surface area contributed by atoms with E-state index in [1.54, 1.807) is 0 Å². The first-order chi connectivity index (χ1) is 8.54. The topological polar surface area (TPSA) is 66.6 Å². The van der Waals surface area contributed by atoms with Gasteiger partial charge in [-0.15, -0.1) is 0 Å². The van der Waals surface area contributed by atoms with Crippen LogP contribution in [0.5, 0.6) is 0 Å². The Labute approximate surface area is 111 Å². The minimum Gasteiger partial charge on any atom is -0.396 e. The first-order valence-electron chi connectivity index (χ1n) is 7.19. The SMILES string of the molecule is CC(N)CCCC(C)C(=O)N1CCC(CCO)C1. The van der Waals surface area contributed by atoms with Crippen molar-refractivity contribution in [3.8, 4) is 0 Å². The van der Waals surface area contributed by atoms with Crippen LogP contribution in [0.2, 0.25) is 0 Å². The molecule has 0 spiro atoms. The molecule has 1 rings (SSSR count). The number of nitrogens with zero attached hydrogens (tertiary/aromatic N) is 1. The molecule has 0 aromatic heterocycles. The fourth-order valence-corrected chi connectivity index (χ4v) is 2.63. The third-order valence-electron chi connectivity index (χ3n) is 3.85. The van der Waals surface area contributed by atoms with E-state index in [4.69, 9.17) is 10.8 Å². The molecule has 1 fully saturated rings. The average molecular weight is 256 g/mol. The molecule has 18 heavy (non-hydrogen) atoms. The van der Waals surface area contributed by atoms with E-state index in [-0.39, 0.29) is 24.5 Å². The van der Waals surface area contributed by atoms with Gasteiger partial charge in [-0.05, 0) is 38.5 Å². The van der Waals surface area contributed by atoms with Gasteiger partial charge >= 0.3 is 0 Å². The molecule has 106 valence electrons. The number of nitrogens with two attached hydrogens (primary N) is 1. The third-order valence-corrected chi connectivity index (χ3v) is 3.85. The Kier molecular flexibility index (Phi) is 6.65. The predicted molar refractivity (Wildman–Crippen MR) is 73.1 cm³/mol. The molecular weight excluding hydrogens is 228 g/mol. The van der Waals surface area contributed by atoms with Gasteiger partial charge in [-0.25, -0.2) is 0 Å². The molecule has 4 nitrogen and oxygen atoms in total. The van der Waals surface area contributed by atoms with E-state index < -0.39 is 0 Å². The summed E-state index contributed by atoms with van der Waals surface area (Å²) in [5, 5.41) is 8.91. The first kappa shape index (κ1) is 15.4. The van der Waals surface area contributed by atoms with E-state index in [1.807, 2.05) is 18.7 Å². The highest BCUT2D eigenvalue weighted by molar-refractivity contribution is 5.78. The fourth-order valence-electron chi connectivity index (χ4n) is 2.63. The lowest BCUT2D eigenvalue weighted by Crippen LogP contribution is -2.33. The number of amides is 1. The Hall–Kier alpha value is -0.610. The summed E-state index contributed by atoms with van der Waals surface area (Å²) in [5.74, 6) is 0.881. The highest BCUT2D eigenvalue weighted by Crippen LogP contribution is 2.22.